The van der Waals surface area contributed by atoms with Crippen molar-refractivity contribution < 1.29 is 9.59 Å². The molecular formula is C27H31N9O2S2. The van der Waals surface area contributed by atoms with Crippen LogP contribution in [0.3, 0.4) is 0 Å². The largest absolute Gasteiger partial charge is 0.355 e. The minimum absolute atomic E-state index is 0.0980. The summed E-state index contributed by atoms with van der Waals surface area (Å²) in [5.74, 6) is 0.858. The van der Waals surface area contributed by atoms with Gasteiger partial charge in [0.25, 0.3) is 11.8 Å². The molecule has 0 aromatic carbocycles. The highest BCUT2D eigenvalue weighted by molar-refractivity contribution is 7.16. The summed E-state index contributed by atoms with van der Waals surface area (Å²) in [6.45, 7) is 5.45. The first-order valence-corrected chi connectivity index (χ1v) is 15.1. The van der Waals surface area contributed by atoms with Crippen LogP contribution < -0.4 is 16.0 Å². The van der Waals surface area contributed by atoms with Crippen molar-refractivity contribution in [3.8, 4) is 6.07 Å². The number of carbonyl (C=O) groups excluding carboxylic acids is 2. The van der Waals surface area contributed by atoms with E-state index < -0.39 is 5.41 Å². The van der Waals surface area contributed by atoms with Gasteiger partial charge in [0.05, 0.1) is 15.8 Å². The zero-order valence-corrected chi connectivity index (χ0v) is 24.0. The number of rotatable bonds is 9. The number of carbonyl (C=O) groups is 2. The zero-order valence-electron chi connectivity index (χ0n) is 22.4. The van der Waals surface area contributed by atoms with Crippen molar-refractivity contribution in [2.75, 3.05) is 27.2 Å². The number of aromatic nitrogens is 4. The van der Waals surface area contributed by atoms with Gasteiger partial charge in [-0.15, -0.1) is 32.9 Å². The number of tetrazole rings is 1. The summed E-state index contributed by atoms with van der Waals surface area (Å²) in [5.41, 5.74) is 2.29. The number of H-pyrrole nitrogens is 1. The van der Waals surface area contributed by atoms with Gasteiger partial charge in [-0.2, -0.15) is 10.5 Å². The molecule has 0 spiro atoms. The van der Waals surface area contributed by atoms with E-state index in [0.29, 0.717) is 47.0 Å². The molecule has 2 fully saturated rings. The number of fused-ring (bicyclic) bond motifs is 3. The van der Waals surface area contributed by atoms with E-state index in [4.69, 9.17) is 0 Å². The molecule has 3 atom stereocenters. The second-order valence-corrected chi connectivity index (χ2v) is 12.7. The number of hydrogen-bond acceptors (Lipinski definition) is 10. The van der Waals surface area contributed by atoms with Gasteiger partial charge >= 0.3 is 0 Å². The van der Waals surface area contributed by atoms with Gasteiger partial charge in [0, 0.05) is 42.1 Å². The highest BCUT2D eigenvalue weighted by atomic mass is 32.1. The highest BCUT2D eigenvalue weighted by Crippen LogP contribution is 2.52. The summed E-state index contributed by atoms with van der Waals surface area (Å²) < 4.78 is 0. The van der Waals surface area contributed by atoms with Gasteiger partial charge in [-0.25, -0.2) is 0 Å². The van der Waals surface area contributed by atoms with Gasteiger partial charge in [-0.05, 0) is 67.8 Å². The molecule has 3 aromatic heterocycles. The SMILES string of the molecule is C=C(CNCCC1(c2nn[nH]n2)c2sc(C(=O)NC)cc2CCc2cc(C(=O)NC)sc21)N1C(C#N)C[C@@H]2C[C@@H]21. The third kappa shape index (κ3) is 4.31. The third-order valence-electron chi connectivity index (χ3n) is 8.31. The average molecular weight is 578 g/mol. The average Bonchev–Trinajstić information content (AvgIpc) is 3.46. The van der Waals surface area contributed by atoms with E-state index in [0.717, 1.165) is 52.3 Å². The molecule has 0 bridgehead atoms. The first-order valence-electron chi connectivity index (χ1n) is 13.4. The fraction of sp³-hybridized carbons (Fsp3) is 0.481. The normalized spacial score (nSPS) is 21.9. The van der Waals surface area contributed by atoms with Gasteiger partial charge in [-0.1, -0.05) is 11.8 Å². The van der Waals surface area contributed by atoms with Crippen molar-refractivity contribution in [2.24, 2.45) is 5.92 Å². The summed E-state index contributed by atoms with van der Waals surface area (Å²) in [4.78, 5) is 30.8. The second-order valence-electron chi connectivity index (χ2n) is 10.6. The molecule has 4 N–H and O–H groups in total. The molecule has 2 aliphatic carbocycles. The minimum atomic E-state index is -0.805. The van der Waals surface area contributed by atoms with Gasteiger partial charge in [0.1, 0.15) is 11.5 Å². The molecule has 3 aliphatic rings. The molecule has 208 valence electrons. The second kappa shape index (κ2) is 10.4. The quantitative estimate of drug-likeness (QED) is 0.282. The van der Waals surface area contributed by atoms with Gasteiger partial charge < -0.3 is 20.9 Å². The Balaban J connectivity index is 1.36. The molecule has 4 heterocycles. The van der Waals surface area contributed by atoms with Crippen LogP contribution in [0.5, 0.6) is 0 Å². The van der Waals surface area contributed by atoms with Crippen LogP contribution in [0.2, 0.25) is 0 Å². The summed E-state index contributed by atoms with van der Waals surface area (Å²) in [5, 5.41) is 34.2. The van der Waals surface area contributed by atoms with Crippen molar-refractivity contribution in [1.82, 2.24) is 41.5 Å². The predicted molar refractivity (Wildman–Crippen MR) is 151 cm³/mol. The van der Waals surface area contributed by atoms with Gasteiger partial charge in [0.15, 0.2) is 5.82 Å². The molecule has 1 aliphatic heterocycles. The summed E-state index contributed by atoms with van der Waals surface area (Å²) in [6, 6.07) is 6.72. The fourth-order valence-corrected chi connectivity index (χ4v) is 9.13. The lowest BCUT2D eigenvalue weighted by atomic mass is 9.78. The molecule has 0 radical (unpaired) electrons. The number of aromatic amines is 1. The lowest BCUT2D eigenvalue weighted by molar-refractivity contribution is 0.0959. The van der Waals surface area contributed by atoms with E-state index in [-0.39, 0.29) is 17.9 Å². The molecule has 1 unspecified atom stereocenters. The Hall–Kier alpha value is -3.60. The number of thiophene rings is 2. The summed E-state index contributed by atoms with van der Waals surface area (Å²) >= 11 is 2.90. The summed E-state index contributed by atoms with van der Waals surface area (Å²) in [7, 11) is 3.26. The van der Waals surface area contributed by atoms with Gasteiger partial charge in [-0.3, -0.25) is 9.59 Å². The molecule has 13 heteroatoms. The standard InChI is InChI=1S/C27H31N9O2S2/c1-14(36-18(12-28)8-17-9-19(17)36)13-31-7-6-27(26-32-34-35-33-26)22-15(10-20(39-22)24(37)29-2)4-5-16-11-21(25(38)30-3)40-23(16)27/h10-11,17-19,31H,1,4-9,13H2,2-3H3,(H,29,37)(H,30,38)(H,32,33,34,35)/t17-,18?,19+/m1/s1. The summed E-state index contributed by atoms with van der Waals surface area (Å²) in [6.07, 6.45) is 4.11. The van der Waals surface area contributed by atoms with Crippen LogP contribution in [0.15, 0.2) is 24.4 Å². The Bertz CT molecular complexity index is 1440. The van der Waals surface area contributed by atoms with Crippen LogP contribution in [0.25, 0.3) is 0 Å². The minimum Gasteiger partial charge on any atom is -0.355 e. The van der Waals surface area contributed by atoms with Crippen LogP contribution >= 0.6 is 22.7 Å². The molecule has 11 nitrogen and oxygen atoms in total. The Kier molecular flexibility index (Phi) is 6.93. The van der Waals surface area contributed by atoms with E-state index >= 15 is 0 Å². The molecule has 1 saturated heterocycles. The van der Waals surface area contributed by atoms with Gasteiger partial charge in [0.2, 0.25) is 0 Å². The van der Waals surface area contributed by atoms with E-state index in [9.17, 15) is 14.9 Å². The molecule has 3 aromatic rings. The lowest BCUT2D eigenvalue weighted by Crippen LogP contribution is -2.38. The predicted octanol–water partition coefficient (Wildman–Crippen LogP) is 1.95. The van der Waals surface area contributed by atoms with E-state index in [1.165, 1.54) is 22.7 Å². The molecule has 6 rings (SSSR count). The van der Waals surface area contributed by atoms with E-state index in [1.807, 2.05) is 12.1 Å². The van der Waals surface area contributed by atoms with Crippen molar-refractivity contribution in [2.45, 2.75) is 49.6 Å². The lowest BCUT2D eigenvalue weighted by Gasteiger charge is -2.31. The topological polar surface area (TPSA) is 152 Å². The molecule has 1 saturated carbocycles. The number of nitrogens with one attached hydrogen (secondary N) is 4. The molecule has 2 amide bonds. The van der Waals surface area contributed by atoms with Crippen LogP contribution in [0.4, 0.5) is 0 Å². The fourth-order valence-electron chi connectivity index (χ4n) is 6.31. The number of nitrogens with zero attached hydrogens (tertiary/aromatic N) is 5. The number of piperidine rings is 1. The van der Waals surface area contributed by atoms with Crippen molar-refractivity contribution in [1.29, 1.82) is 5.26 Å². The number of likely N-dealkylation sites (tertiary alicyclic amines) is 1. The van der Waals surface area contributed by atoms with Crippen LogP contribution in [0, 0.1) is 17.2 Å². The van der Waals surface area contributed by atoms with E-state index in [1.54, 1.807) is 14.1 Å². The van der Waals surface area contributed by atoms with Crippen LogP contribution in [0.1, 0.15) is 65.3 Å². The van der Waals surface area contributed by atoms with Crippen molar-refractivity contribution in [3.05, 3.63) is 60.9 Å². The number of aryl methyl sites for hydroxylation is 2. The maximum atomic E-state index is 12.7. The number of hydrogen-bond donors (Lipinski definition) is 4. The Labute approximate surface area is 240 Å². The maximum Gasteiger partial charge on any atom is 0.261 e. The van der Waals surface area contributed by atoms with Crippen LogP contribution in [-0.2, 0) is 18.3 Å². The highest BCUT2D eigenvalue weighted by Gasteiger charge is 2.52. The van der Waals surface area contributed by atoms with E-state index in [2.05, 4.69) is 54.1 Å². The first-order chi connectivity index (χ1) is 19.4. The third-order valence-corrected chi connectivity index (χ3v) is 11.0. The number of nitriles is 1. The van der Waals surface area contributed by atoms with Crippen LogP contribution in [-0.4, -0.2) is 76.6 Å². The molecule has 40 heavy (non-hydrogen) atoms. The molecular weight excluding hydrogens is 546 g/mol. The van der Waals surface area contributed by atoms with Crippen molar-refractivity contribution >= 4 is 34.5 Å². The Morgan fingerprint density at radius 1 is 1.15 bits per heavy atom. The maximum absolute atomic E-state index is 12.7. The Morgan fingerprint density at radius 2 is 1.80 bits per heavy atom. The first kappa shape index (κ1) is 26.6. The Morgan fingerprint density at radius 3 is 2.35 bits per heavy atom. The monoisotopic (exact) mass is 577 g/mol. The zero-order chi connectivity index (χ0) is 28.0. The smallest absolute Gasteiger partial charge is 0.261 e. The number of amides is 2. The van der Waals surface area contributed by atoms with Crippen molar-refractivity contribution in [3.63, 3.8) is 0 Å².